The van der Waals surface area contributed by atoms with Crippen LogP contribution in [0.3, 0.4) is 0 Å². The first kappa shape index (κ1) is 24.0. The Bertz CT molecular complexity index is 401. The highest BCUT2D eigenvalue weighted by Crippen LogP contribution is 2.41. The number of nitrogens with one attached hydrogen (secondary N) is 2. The second-order valence-electron chi connectivity index (χ2n) is 7.96. The van der Waals surface area contributed by atoms with Crippen LogP contribution in [-0.4, -0.2) is 74.2 Å². The number of hydrogen-bond acceptors (Lipinski definition) is 3. The molecule has 1 aliphatic carbocycles. The van der Waals surface area contributed by atoms with E-state index < -0.39 is 0 Å². The van der Waals surface area contributed by atoms with Gasteiger partial charge in [-0.05, 0) is 45.1 Å². The number of piperazine rings is 1. The number of halogens is 1. The molecule has 1 atom stereocenters. The van der Waals surface area contributed by atoms with Gasteiger partial charge in [-0.1, -0.05) is 26.7 Å². The van der Waals surface area contributed by atoms with E-state index in [9.17, 15) is 0 Å². The Balaban J connectivity index is 0.00000338. The van der Waals surface area contributed by atoms with Crippen molar-refractivity contribution >= 4 is 29.9 Å². The maximum absolute atomic E-state index is 4.95. The normalized spacial score (nSPS) is 22.7. The quantitative estimate of drug-likeness (QED) is 0.319. The fourth-order valence-corrected chi connectivity index (χ4v) is 4.23. The Labute approximate surface area is 178 Å². The van der Waals surface area contributed by atoms with Crippen molar-refractivity contribution in [2.45, 2.75) is 65.8 Å². The smallest absolute Gasteiger partial charge is 0.191 e. The SMILES string of the molecule is CCNC(=NCC1(CC)CCCC1)NCC(C)N1CCN(CC)CC1.I. The highest BCUT2D eigenvalue weighted by molar-refractivity contribution is 14.0. The predicted octanol–water partition coefficient (Wildman–Crippen LogP) is 3.16. The lowest BCUT2D eigenvalue weighted by atomic mass is 9.84. The molecule has 1 heterocycles. The zero-order chi connectivity index (χ0) is 18.1. The zero-order valence-corrected chi connectivity index (χ0v) is 19.8. The van der Waals surface area contributed by atoms with Gasteiger partial charge in [-0.3, -0.25) is 9.89 Å². The molecule has 1 unspecified atom stereocenters. The van der Waals surface area contributed by atoms with Crippen LogP contribution in [0.15, 0.2) is 4.99 Å². The lowest BCUT2D eigenvalue weighted by Gasteiger charge is -2.37. The molecule has 1 saturated carbocycles. The van der Waals surface area contributed by atoms with Gasteiger partial charge in [-0.25, -0.2) is 0 Å². The van der Waals surface area contributed by atoms with Crippen LogP contribution in [0.25, 0.3) is 0 Å². The molecular weight excluding hydrogens is 437 g/mol. The van der Waals surface area contributed by atoms with E-state index in [1.165, 1.54) is 64.8 Å². The lowest BCUT2D eigenvalue weighted by molar-refractivity contribution is 0.107. The molecule has 2 aliphatic rings. The molecule has 0 aromatic heterocycles. The molecule has 0 spiro atoms. The Morgan fingerprint density at radius 2 is 1.69 bits per heavy atom. The average Bonchev–Trinajstić information content (AvgIpc) is 3.13. The first-order chi connectivity index (χ1) is 12.1. The minimum absolute atomic E-state index is 0. The molecule has 5 nitrogen and oxygen atoms in total. The molecule has 2 rings (SSSR count). The van der Waals surface area contributed by atoms with Gasteiger partial charge in [0.05, 0.1) is 0 Å². The van der Waals surface area contributed by atoms with Crippen LogP contribution in [0.1, 0.15) is 59.8 Å². The average molecular weight is 479 g/mol. The maximum Gasteiger partial charge on any atom is 0.191 e. The second kappa shape index (κ2) is 12.4. The van der Waals surface area contributed by atoms with Gasteiger partial charge in [-0.2, -0.15) is 0 Å². The molecule has 0 aromatic carbocycles. The van der Waals surface area contributed by atoms with E-state index >= 15 is 0 Å². The summed E-state index contributed by atoms with van der Waals surface area (Å²) in [7, 11) is 0. The lowest BCUT2D eigenvalue weighted by Crippen LogP contribution is -2.53. The highest BCUT2D eigenvalue weighted by atomic mass is 127. The van der Waals surface area contributed by atoms with Crippen LogP contribution in [0, 0.1) is 5.41 Å². The molecule has 0 amide bonds. The molecule has 1 saturated heterocycles. The summed E-state index contributed by atoms with van der Waals surface area (Å²) >= 11 is 0. The van der Waals surface area contributed by atoms with Crippen molar-refractivity contribution < 1.29 is 0 Å². The molecular formula is C20H42IN5. The third-order valence-corrected chi connectivity index (χ3v) is 6.37. The Hall–Kier alpha value is -0.0800. The number of rotatable bonds is 8. The number of aliphatic imine (C=N–C) groups is 1. The number of nitrogens with zero attached hydrogens (tertiary/aromatic N) is 3. The van der Waals surface area contributed by atoms with E-state index in [1.807, 2.05) is 0 Å². The predicted molar refractivity (Wildman–Crippen MR) is 124 cm³/mol. The number of guanidine groups is 1. The van der Waals surface area contributed by atoms with Crippen LogP contribution in [-0.2, 0) is 0 Å². The number of hydrogen-bond donors (Lipinski definition) is 2. The summed E-state index contributed by atoms with van der Waals surface area (Å²) in [6, 6.07) is 0.550. The van der Waals surface area contributed by atoms with E-state index in [-0.39, 0.29) is 24.0 Å². The van der Waals surface area contributed by atoms with Crippen molar-refractivity contribution in [3.05, 3.63) is 0 Å². The van der Waals surface area contributed by atoms with Crippen molar-refractivity contribution in [3.8, 4) is 0 Å². The molecule has 154 valence electrons. The van der Waals surface area contributed by atoms with Crippen molar-refractivity contribution in [3.63, 3.8) is 0 Å². The van der Waals surface area contributed by atoms with E-state index in [0.29, 0.717) is 11.5 Å². The first-order valence-electron chi connectivity index (χ1n) is 10.6. The molecule has 1 aliphatic heterocycles. The van der Waals surface area contributed by atoms with Crippen molar-refractivity contribution in [2.75, 3.05) is 52.4 Å². The van der Waals surface area contributed by atoms with Crippen LogP contribution in [0.5, 0.6) is 0 Å². The fourth-order valence-electron chi connectivity index (χ4n) is 4.23. The molecule has 26 heavy (non-hydrogen) atoms. The van der Waals surface area contributed by atoms with Gasteiger partial charge in [-0.15, -0.1) is 24.0 Å². The largest absolute Gasteiger partial charge is 0.357 e. The minimum Gasteiger partial charge on any atom is -0.357 e. The van der Waals surface area contributed by atoms with E-state index in [1.54, 1.807) is 0 Å². The molecule has 0 bridgehead atoms. The van der Waals surface area contributed by atoms with Gasteiger partial charge in [0.2, 0.25) is 0 Å². The summed E-state index contributed by atoms with van der Waals surface area (Å²) < 4.78 is 0. The Kier molecular flexibility index (Phi) is 11.4. The van der Waals surface area contributed by atoms with Gasteiger partial charge >= 0.3 is 0 Å². The summed E-state index contributed by atoms with van der Waals surface area (Å²) in [4.78, 5) is 10.1. The monoisotopic (exact) mass is 479 g/mol. The summed E-state index contributed by atoms with van der Waals surface area (Å²) in [5, 5.41) is 7.03. The summed E-state index contributed by atoms with van der Waals surface area (Å²) in [5.74, 6) is 1.00. The topological polar surface area (TPSA) is 42.9 Å². The first-order valence-corrected chi connectivity index (χ1v) is 10.6. The third-order valence-electron chi connectivity index (χ3n) is 6.37. The zero-order valence-electron chi connectivity index (χ0n) is 17.5. The van der Waals surface area contributed by atoms with Gasteiger partial charge < -0.3 is 15.5 Å². The third kappa shape index (κ3) is 7.15. The van der Waals surface area contributed by atoms with Crippen molar-refractivity contribution in [2.24, 2.45) is 10.4 Å². The number of likely N-dealkylation sites (N-methyl/N-ethyl adjacent to an activating group) is 1. The van der Waals surface area contributed by atoms with Crippen LogP contribution >= 0.6 is 24.0 Å². The molecule has 2 N–H and O–H groups in total. The van der Waals surface area contributed by atoms with Crippen LogP contribution < -0.4 is 10.6 Å². The van der Waals surface area contributed by atoms with Crippen LogP contribution in [0.4, 0.5) is 0 Å². The van der Waals surface area contributed by atoms with Crippen molar-refractivity contribution in [1.82, 2.24) is 20.4 Å². The standard InChI is InChI=1S/C20H41N5.HI/c1-5-20(10-8-9-11-20)17-23-19(21-6-2)22-16-18(4)25-14-12-24(7-3)13-15-25;/h18H,5-17H2,1-4H3,(H2,21,22,23);1H. The summed E-state index contributed by atoms with van der Waals surface area (Å²) in [6.45, 7) is 17.9. The maximum atomic E-state index is 4.95. The Morgan fingerprint density at radius 3 is 2.23 bits per heavy atom. The van der Waals surface area contributed by atoms with E-state index in [2.05, 4.69) is 48.1 Å². The molecule has 0 aromatic rings. The van der Waals surface area contributed by atoms with Gasteiger partial charge in [0, 0.05) is 51.9 Å². The molecule has 6 heteroatoms. The highest BCUT2D eigenvalue weighted by Gasteiger charge is 2.31. The van der Waals surface area contributed by atoms with Gasteiger partial charge in [0.1, 0.15) is 0 Å². The molecule has 0 radical (unpaired) electrons. The molecule has 2 fully saturated rings. The second-order valence-corrected chi connectivity index (χ2v) is 7.96. The summed E-state index contributed by atoms with van der Waals surface area (Å²) in [6.07, 6.45) is 6.73. The van der Waals surface area contributed by atoms with E-state index in [0.717, 1.165) is 25.6 Å². The van der Waals surface area contributed by atoms with Crippen molar-refractivity contribution in [1.29, 1.82) is 0 Å². The van der Waals surface area contributed by atoms with E-state index in [4.69, 9.17) is 4.99 Å². The summed E-state index contributed by atoms with van der Waals surface area (Å²) in [5.41, 5.74) is 0.463. The van der Waals surface area contributed by atoms with Gasteiger partial charge in [0.15, 0.2) is 5.96 Å². The van der Waals surface area contributed by atoms with Crippen LogP contribution in [0.2, 0.25) is 0 Å². The van der Waals surface area contributed by atoms with Gasteiger partial charge in [0.25, 0.3) is 0 Å². The fraction of sp³-hybridized carbons (Fsp3) is 0.950. The minimum atomic E-state index is 0. The Morgan fingerprint density at radius 1 is 1.04 bits per heavy atom.